The van der Waals surface area contributed by atoms with Gasteiger partial charge in [0.2, 0.25) is 0 Å². The van der Waals surface area contributed by atoms with E-state index in [2.05, 4.69) is 15.1 Å². The van der Waals surface area contributed by atoms with Crippen molar-refractivity contribution in [2.24, 2.45) is 7.05 Å². The Labute approximate surface area is 103 Å². The summed E-state index contributed by atoms with van der Waals surface area (Å²) >= 11 is 6.05. The Morgan fingerprint density at radius 3 is 3.06 bits per heavy atom. The van der Waals surface area contributed by atoms with E-state index >= 15 is 0 Å². The molecule has 0 radical (unpaired) electrons. The third kappa shape index (κ3) is 1.99. The minimum atomic E-state index is 0.152. The summed E-state index contributed by atoms with van der Waals surface area (Å²) in [4.78, 5) is 8.55. The zero-order valence-corrected chi connectivity index (χ0v) is 10.0. The van der Waals surface area contributed by atoms with E-state index in [1.165, 1.54) is 0 Å². The summed E-state index contributed by atoms with van der Waals surface area (Å²) < 4.78 is 12.2. The fraction of sp³-hybridized carbons (Fsp3) is 0.500. The zero-order chi connectivity index (χ0) is 11.8. The molecule has 3 heterocycles. The van der Waals surface area contributed by atoms with Gasteiger partial charge in [-0.3, -0.25) is 4.68 Å². The van der Waals surface area contributed by atoms with Crippen LogP contribution in [0.25, 0.3) is 11.0 Å². The van der Waals surface area contributed by atoms with Gasteiger partial charge in [0.15, 0.2) is 11.5 Å². The lowest BCUT2D eigenvalue weighted by Crippen LogP contribution is -2.36. The quantitative estimate of drug-likeness (QED) is 0.763. The molecule has 0 atom stereocenters. The third-order valence-electron chi connectivity index (χ3n) is 2.65. The van der Waals surface area contributed by atoms with Gasteiger partial charge in [0.05, 0.1) is 24.8 Å². The van der Waals surface area contributed by atoms with E-state index in [1.807, 2.05) is 7.05 Å². The Morgan fingerprint density at radius 2 is 2.35 bits per heavy atom. The van der Waals surface area contributed by atoms with Crippen LogP contribution in [0.5, 0.6) is 0 Å². The van der Waals surface area contributed by atoms with E-state index in [0.29, 0.717) is 36.4 Å². The average molecular weight is 255 g/mol. The lowest BCUT2D eigenvalue weighted by Gasteiger charge is -2.25. The van der Waals surface area contributed by atoms with Crippen molar-refractivity contribution in [1.82, 2.24) is 19.7 Å². The molecule has 0 N–H and O–H groups in total. The monoisotopic (exact) mass is 254 g/mol. The van der Waals surface area contributed by atoms with Crippen molar-refractivity contribution in [3.8, 4) is 0 Å². The molecule has 1 aliphatic rings. The highest BCUT2D eigenvalue weighted by molar-refractivity contribution is 6.33. The minimum Gasteiger partial charge on any atom is -0.376 e. The summed E-state index contributed by atoms with van der Waals surface area (Å²) in [7, 11) is 1.82. The number of halogens is 1. The highest BCUT2D eigenvalue weighted by Gasteiger charge is 2.19. The van der Waals surface area contributed by atoms with E-state index in [0.717, 1.165) is 5.39 Å². The van der Waals surface area contributed by atoms with Crippen LogP contribution in [0.15, 0.2) is 6.20 Å². The van der Waals surface area contributed by atoms with E-state index in [1.54, 1.807) is 10.9 Å². The first-order chi connectivity index (χ1) is 8.24. The van der Waals surface area contributed by atoms with Gasteiger partial charge in [-0.2, -0.15) is 5.10 Å². The maximum Gasteiger partial charge on any atom is 0.162 e. The summed E-state index contributed by atoms with van der Waals surface area (Å²) in [6.45, 7) is 1.62. The Morgan fingerprint density at radius 1 is 1.53 bits per heavy atom. The van der Waals surface area contributed by atoms with E-state index in [9.17, 15) is 0 Å². The summed E-state index contributed by atoms with van der Waals surface area (Å²) in [5, 5.41) is 5.25. The average Bonchev–Trinajstić information content (AvgIpc) is 2.59. The zero-order valence-electron chi connectivity index (χ0n) is 9.26. The Bertz CT molecular complexity index is 552. The standard InChI is InChI=1S/C10H11ClN4O2/c1-15-10-7(2-12-15)9(11)13-8(14-10)5-17-6-3-16-4-6/h2,6H,3-5H2,1H3. The van der Waals surface area contributed by atoms with Crippen molar-refractivity contribution in [3.63, 3.8) is 0 Å². The minimum absolute atomic E-state index is 0.152. The van der Waals surface area contributed by atoms with Crippen molar-refractivity contribution in [3.05, 3.63) is 17.2 Å². The predicted molar refractivity (Wildman–Crippen MR) is 60.7 cm³/mol. The van der Waals surface area contributed by atoms with Gasteiger partial charge >= 0.3 is 0 Å². The van der Waals surface area contributed by atoms with Crippen molar-refractivity contribution in [2.75, 3.05) is 13.2 Å². The number of nitrogens with zero attached hydrogens (tertiary/aromatic N) is 4. The van der Waals surface area contributed by atoms with Crippen LogP contribution in [0.3, 0.4) is 0 Å². The fourth-order valence-electron chi connectivity index (χ4n) is 1.60. The molecule has 17 heavy (non-hydrogen) atoms. The highest BCUT2D eigenvalue weighted by atomic mass is 35.5. The van der Waals surface area contributed by atoms with E-state index in [-0.39, 0.29) is 6.10 Å². The van der Waals surface area contributed by atoms with Crippen LogP contribution in [0.2, 0.25) is 5.15 Å². The lowest BCUT2D eigenvalue weighted by atomic mass is 10.3. The molecular formula is C10H11ClN4O2. The van der Waals surface area contributed by atoms with Gasteiger partial charge in [0, 0.05) is 7.05 Å². The molecule has 0 aliphatic carbocycles. The summed E-state index contributed by atoms with van der Waals surface area (Å²) in [6.07, 6.45) is 1.81. The normalized spacial score (nSPS) is 16.4. The molecule has 0 aromatic carbocycles. The number of hydrogen-bond acceptors (Lipinski definition) is 5. The maximum absolute atomic E-state index is 6.05. The molecule has 1 aliphatic heterocycles. The predicted octanol–water partition coefficient (Wildman–Crippen LogP) is 0.932. The fourth-order valence-corrected chi connectivity index (χ4v) is 1.83. The van der Waals surface area contributed by atoms with Gasteiger partial charge in [-0.1, -0.05) is 11.6 Å². The molecule has 2 aromatic rings. The molecule has 3 rings (SSSR count). The SMILES string of the molecule is Cn1ncc2c(Cl)nc(COC3COC3)nc21. The second-order valence-electron chi connectivity index (χ2n) is 3.91. The Hall–Kier alpha value is -1.24. The first-order valence-electron chi connectivity index (χ1n) is 5.27. The number of ether oxygens (including phenoxy) is 2. The molecule has 0 unspecified atom stereocenters. The molecule has 90 valence electrons. The van der Waals surface area contributed by atoms with Crippen LogP contribution in [0.4, 0.5) is 0 Å². The Kier molecular flexibility index (Phi) is 2.70. The number of fused-ring (bicyclic) bond motifs is 1. The van der Waals surface area contributed by atoms with Crippen LogP contribution in [0, 0.1) is 0 Å². The smallest absolute Gasteiger partial charge is 0.162 e. The molecule has 7 heteroatoms. The summed E-state index contributed by atoms with van der Waals surface area (Å²) in [6, 6.07) is 0. The van der Waals surface area contributed by atoms with E-state index < -0.39 is 0 Å². The molecule has 1 saturated heterocycles. The second-order valence-corrected chi connectivity index (χ2v) is 4.26. The van der Waals surface area contributed by atoms with Crippen LogP contribution in [-0.2, 0) is 23.1 Å². The van der Waals surface area contributed by atoms with Gasteiger partial charge in [0.25, 0.3) is 0 Å². The van der Waals surface area contributed by atoms with Crippen molar-refractivity contribution >= 4 is 22.6 Å². The molecule has 0 saturated carbocycles. The summed E-state index contributed by atoms with van der Waals surface area (Å²) in [5.74, 6) is 0.568. The van der Waals surface area contributed by atoms with Crippen LogP contribution in [-0.4, -0.2) is 39.1 Å². The molecule has 0 spiro atoms. The molecule has 6 nitrogen and oxygen atoms in total. The number of rotatable bonds is 3. The number of aromatic nitrogens is 4. The first-order valence-corrected chi connectivity index (χ1v) is 5.65. The molecule has 0 amide bonds. The van der Waals surface area contributed by atoms with Gasteiger partial charge in [-0.15, -0.1) is 0 Å². The van der Waals surface area contributed by atoms with Gasteiger partial charge in [-0.25, -0.2) is 9.97 Å². The molecule has 0 bridgehead atoms. The molecule has 2 aromatic heterocycles. The van der Waals surface area contributed by atoms with Crippen molar-refractivity contribution in [2.45, 2.75) is 12.7 Å². The maximum atomic E-state index is 6.05. The van der Waals surface area contributed by atoms with Crippen molar-refractivity contribution in [1.29, 1.82) is 0 Å². The Balaban J connectivity index is 1.85. The topological polar surface area (TPSA) is 62.1 Å². The van der Waals surface area contributed by atoms with Gasteiger partial charge < -0.3 is 9.47 Å². The lowest BCUT2D eigenvalue weighted by molar-refractivity contribution is -0.136. The summed E-state index contributed by atoms with van der Waals surface area (Å²) in [5.41, 5.74) is 0.716. The van der Waals surface area contributed by atoms with Gasteiger partial charge in [-0.05, 0) is 0 Å². The van der Waals surface area contributed by atoms with Gasteiger partial charge in [0.1, 0.15) is 17.9 Å². The third-order valence-corrected chi connectivity index (χ3v) is 2.94. The van der Waals surface area contributed by atoms with Crippen LogP contribution in [0.1, 0.15) is 5.82 Å². The van der Waals surface area contributed by atoms with Crippen LogP contribution < -0.4 is 0 Å². The first kappa shape index (κ1) is 10.9. The number of aryl methyl sites for hydroxylation is 1. The van der Waals surface area contributed by atoms with Crippen molar-refractivity contribution < 1.29 is 9.47 Å². The molecule has 1 fully saturated rings. The largest absolute Gasteiger partial charge is 0.376 e. The second kappa shape index (κ2) is 4.21. The molecular weight excluding hydrogens is 244 g/mol. The highest BCUT2D eigenvalue weighted by Crippen LogP contribution is 2.19. The number of hydrogen-bond donors (Lipinski definition) is 0. The van der Waals surface area contributed by atoms with Crippen LogP contribution >= 0.6 is 11.6 Å². The van der Waals surface area contributed by atoms with E-state index in [4.69, 9.17) is 21.1 Å².